The molecular weight excluding hydrogens is 134 g/mol. The summed E-state index contributed by atoms with van der Waals surface area (Å²) in [5.74, 6) is 1.97. The van der Waals surface area contributed by atoms with Gasteiger partial charge in [0.05, 0.1) is 0 Å². The van der Waals surface area contributed by atoms with Gasteiger partial charge in [-0.25, -0.2) is 0 Å². The van der Waals surface area contributed by atoms with Crippen molar-refractivity contribution >= 4 is 0 Å². The molecular formula is C10H21N. The predicted octanol–water partition coefficient (Wildman–Crippen LogP) is 2.42. The quantitative estimate of drug-likeness (QED) is 0.660. The minimum atomic E-state index is 0.960. The number of nitrogens with one attached hydrogen (secondary N) is 1. The number of rotatable bonds is 3. The molecule has 1 saturated heterocycles. The summed E-state index contributed by atoms with van der Waals surface area (Å²) < 4.78 is 0. The molecule has 0 saturated carbocycles. The van der Waals surface area contributed by atoms with Crippen molar-refractivity contribution in [1.82, 2.24) is 5.32 Å². The van der Waals surface area contributed by atoms with E-state index >= 15 is 0 Å². The first-order valence-electron chi connectivity index (χ1n) is 5.05. The van der Waals surface area contributed by atoms with Crippen LogP contribution in [0.5, 0.6) is 0 Å². The van der Waals surface area contributed by atoms with Gasteiger partial charge < -0.3 is 5.32 Å². The Morgan fingerprint density at radius 3 is 2.55 bits per heavy atom. The lowest BCUT2D eigenvalue weighted by Crippen LogP contribution is -2.30. The van der Waals surface area contributed by atoms with Crippen LogP contribution in [0.1, 0.15) is 39.5 Å². The SMILES string of the molecule is CCCC(C)C1CCNCC1. The lowest BCUT2D eigenvalue weighted by Gasteiger charge is -2.27. The van der Waals surface area contributed by atoms with Gasteiger partial charge in [-0.1, -0.05) is 26.7 Å². The average molecular weight is 155 g/mol. The Morgan fingerprint density at radius 1 is 1.36 bits per heavy atom. The van der Waals surface area contributed by atoms with E-state index in [-0.39, 0.29) is 0 Å². The second-order valence-corrected chi connectivity index (χ2v) is 3.85. The Labute approximate surface area is 70.6 Å². The first-order valence-corrected chi connectivity index (χ1v) is 5.05. The Morgan fingerprint density at radius 2 is 2.00 bits per heavy atom. The molecule has 1 aliphatic heterocycles. The number of piperidine rings is 1. The van der Waals surface area contributed by atoms with E-state index in [2.05, 4.69) is 19.2 Å². The van der Waals surface area contributed by atoms with Crippen LogP contribution in [0.25, 0.3) is 0 Å². The standard InChI is InChI=1S/C10H21N/c1-3-4-9(2)10-5-7-11-8-6-10/h9-11H,3-8H2,1-2H3. The number of hydrogen-bond donors (Lipinski definition) is 1. The number of hydrogen-bond acceptors (Lipinski definition) is 1. The van der Waals surface area contributed by atoms with Gasteiger partial charge in [-0.05, 0) is 37.8 Å². The summed E-state index contributed by atoms with van der Waals surface area (Å²) in [5.41, 5.74) is 0. The molecule has 1 rings (SSSR count). The highest BCUT2D eigenvalue weighted by molar-refractivity contribution is 4.72. The molecule has 0 amide bonds. The van der Waals surface area contributed by atoms with E-state index in [4.69, 9.17) is 0 Å². The summed E-state index contributed by atoms with van der Waals surface area (Å²) in [6, 6.07) is 0. The molecule has 11 heavy (non-hydrogen) atoms. The molecule has 0 aliphatic carbocycles. The van der Waals surface area contributed by atoms with Crippen molar-refractivity contribution in [2.75, 3.05) is 13.1 Å². The van der Waals surface area contributed by atoms with Crippen LogP contribution in [0, 0.1) is 11.8 Å². The normalized spacial score (nSPS) is 23.5. The molecule has 1 nitrogen and oxygen atoms in total. The topological polar surface area (TPSA) is 12.0 Å². The summed E-state index contributed by atoms with van der Waals surface area (Å²) in [7, 11) is 0. The lowest BCUT2D eigenvalue weighted by atomic mass is 9.84. The molecule has 0 bridgehead atoms. The molecule has 0 aromatic carbocycles. The molecule has 1 N–H and O–H groups in total. The monoisotopic (exact) mass is 155 g/mol. The molecule has 66 valence electrons. The van der Waals surface area contributed by atoms with E-state index in [1.165, 1.54) is 38.8 Å². The maximum Gasteiger partial charge on any atom is -0.00462 e. The molecule has 1 atom stereocenters. The molecule has 1 aliphatic rings. The van der Waals surface area contributed by atoms with Crippen LogP contribution in [0.15, 0.2) is 0 Å². The third-order valence-corrected chi connectivity index (χ3v) is 2.93. The molecule has 0 spiro atoms. The predicted molar refractivity (Wildman–Crippen MR) is 49.7 cm³/mol. The zero-order valence-corrected chi connectivity index (χ0v) is 7.90. The second-order valence-electron chi connectivity index (χ2n) is 3.85. The van der Waals surface area contributed by atoms with Crippen molar-refractivity contribution in [3.05, 3.63) is 0 Å². The van der Waals surface area contributed by atoms with Crippen LogP contribution in [-0.2, 0) is 0 Å². The van der Waals surface area contributed by atoms with Gasteiger partial charge in [-0.15, -0.1) is 0 Å². The van der Waals surface area contributed by atoms with Gasteiger partial charge >= 0.3 is 0 Å². The van der Waals surface area contributed by atoms with Crippen molar-refractivity contribution in [2.24, 2.45) is 11.8 Å². The minimum absolute atomic E-state index is 0.960. The smallest absolute Gasteiger partial charge is 0.00462 e. The molecule has 0 aromatic rings. The molecule has 1 heteroatoms. The summed E-state index contributed by atoms with van der Waals surface area (Å²) >= 11 is 0. The van der Waals surface area contributed by atoms with Gasteiger partial charge in [0.25, 0.3) is 0 Å². The van der Waals surface area contributed by atoms with Crippen molar-refractivity contribution in [3.8, 4) is 0 Å². The Bertz CT molecular complexity index is 95.0. The Kier molecular flexibility index (Phi) is 3.92. The van der Waals surface area contributed by atoms with Crippen LogP contribution in [-0.4, -0.2) is 13.1 Å². The maximum atomic E-state index is 3.41. The zero-order chi connectivity index (χ0) is 8.10. The van der Waals surface area contributed by atoms with Crippen LogP contribution in [0.3, 0.4) is 0 Å². The van der Waals surface area contributed by atoms with Crippen LogP contribution in [0.2, 0.25) is 0 Å². The highest BCUT2D eigenvalue weighted by atomic mass is 14.9. The maximum absolute atomic E-state index is 3.41. The Balaban J connectivity index is 2.21. The second kappa shape index (κ2) is 4.76. The fourth-order valence-corrected chi connectivity index (χ4v) is 2.10. The van der Waals surface area contributed by atoms with E-state index in [1.807, 2.05) is 0 Å². The minimum Gasteiger partial charge on any atom is -0.317 e. The van der Waals surface area contributed by atoms with E-state index < -0.39 is 0 Å². The fraction of sp³-hybridized carbons (Fsp3) is 1.00. The highest BCUT2D eigenvalue weighted by Gasteiger charge is 2.18. The summed E-state index contributed by atoms with van der Waals surface area (Å²) in [5, 5.41) is 3.41. The third-order valence-electron chi connectivity index (χ3n) is 2.93. The van der Waals surface area contributed by atoms with Gasteiger partial charge in [-0.3, -0.25) is 0 Å². The zero-order valence-electron chi connectivity index (χ0n) is 7.90. The van der Waals surface area contributed by atoms with Crippen molar-refractivity contribution in [2.45, 2.75) is 39.5 Å². The summed E-state index contributed by atoms with van der Waals surface area (Å²) in [4.78, 5) is 0. The van der Waals surface area contributed by atoms with Gasteiger partial charge in [0.1, 0.15) is 0 Å². The third kappa shape index (κ3) is 2.82. The largest absolute Gasteiger partial charge is 0.317 e. The van der Waals surface area contributed by atoms with E-state index in [0.29, 0.717) is 0 Å². The molecule has 1 heterocycles. The van der Waals surface area contributed by atoms with Crippen molar-refractivity contribution < 1.29 is 0 Å². The van der Waals surface area contributed by atoms with E-state index in [9.17, 15) is 0 Å². The van der Waals surface area contributed by atoms with Crippen molar-refractivity contribution in [1.29, 1.82) is 0 Å². The lowest BCUT2D eigenvalue weighted by molar-refractivity contribution is 0.262. The van der Waals surface area contributed by atoms with Crippen LogP contribution < -0.4 is 5.32 Å². The Hall–Kier alpha value is -0.0400. The fourth-order valence-electron chi connectivity index (χ4n) is 2.10. The van der Waals surface area contributed by atoms with Crippen LogP contribution >= 0.6 is 0 Å². The summed E-state index contributed by atoms with van der Waals surface area (Å²) in [6.07, 6.45) is 5.58. The van der Waals surface area contributed by atoms with Gasteiger partial charge in [0.2, 0.25) is 0 Å². The van der Waals surface area contributed by atoms with Gasteiger partial charge in [-0.2, -0.15) is 0 Å². The molecule has 1 unspecified atom stereocenters. The molecule has 0 radical (unpaired) electrons. The average Bonchev–Trinajstić information content (AvgIpc) is 2.07. The first-order chi connectivity index (χ1) is 5.34. The summed E-state index contributed by atoms with van der Waals surface area (Å²) in [6.45, 7) is 7.20. The van der Waals surface area contributed by atoms with Gasteiger partial charge in [0.15, 0.2) is 0 Å². The van der Waals surface area contributed by atoms with E-state index in [0.717, 1.165) is 11.8 Å². The molecule has 0 aromatic heterocycles. The van der Waals surface area contributed by atoms with Gasteiger partial charge in [0, 0.05) is 0 Å². The van der Waals surface area contributed by atoms with Crippen LogP contribution in [0.4, 0.5) is 0 Å². The highest BCUT2D eigenvalue weighted by Crippen LogP contribution is 2.24. The van der Waals surface area contributed by atoms with Crippen molar-refractivity contribution in [3.63, 3.8) is 0 Å². The van der Waals surface area contributed by atoms with E-state index in [1.54, 1.807) is 0 Å². The first kappa shape index (κ1) is 9.05. The molecule has 1 fully saturated rings.